The van der Waals surface area contributed by atoms with Crippen molar-refractivity contribution in [2.75, 3.05) is 0 Å². The summed E-state index contributed by atoms with van der Waals surface area (Å²) in [5.41, 5.74) is 1.48. The number of carbonyl (C=O) groups is 1. The first-order valence-corrected chi connectivity index (χ1v) is 6.55. The van der Waals surface area contributed by atoms with Gasteiger partial charge in [-0.25, -0.2) is 0 Å². The third-order valence-electron chi connectivity index (χ3n) is 2.76. The Bertz CT molecular complexity index is 653. The lowest BCUT2D eigenvalue weighted by atomic mass is 10.1. The summed E-state index contributed by atoms with van der Waals surface area (Å²) in [4.78, 5) is 12.4. The molecule has 0 saturated heterocycles. The molecule has 2 heterocycles. The maximum Gasteiger partial charge on any atom is 0.196 e. The van der Waals surface area contributed by atoms with Crippen molar-refractivity contribution in [1.29, 1.82) is 0 Å². The third-order valence-corrected chi connectivity index (χ3v) is 3.69. The number of benzene rings is 1. The molecule has 0 atom stereocenters. The van der Waals surface area contributed by atoms with Crippen molar-refractivity contribution in [1.82, 2.24) is 4.57 Å². The lowest BCUT2D eigenvalue weighted by Gasteiger charge is -2.04. The molecular weight excluding hydrogens is 242 g/mol. The summed E-state index contributed by atoms with van der Waals surface area (Å²) in [5.74, 6) is 0.0700. The van der Waals surface area contributed by atoms with Crippen molar-refractivity contribution in [3.63, 3.8) is 0 Å². The normalized spacial score (nSPS) is 10.4. The molecule has 0 saturated carbocycles. The minimum absolute atomic E-state index is 0.0700. The van der Waals surface area contributed by atoms with E-state index in [4.69, 9.17) is 0 Å². The molecule has 3 rings (SSSR count). The number of nitrogens with zero attached hydrogens (tertiary/aromatic N) is 1. The molecule has 3 heteroatoms. The Kier molecular flexibility index (Phi) is 2.82. The van der Waals surface area contributed by atoms with Gasteiger partial charge in [0.05, 0.1) is 5.56 Å². The Balaban J connectivity index is 2.04. The van der Waals surface area contributed by atoms with Gasteiger partial charge in [0.1, 0.15) is 5.00 Å². The van der Waals surface area contributed by atoms with Gasteiger partial charge >= 0.3 is 0 Å². The van der Waals surface area contributed by atoms with Gasteiger partial charge in [-0.1, -0.05) is 30.3 Å². The van der Waals surface area contributed by atoms with Crippen molar-refractivity contribution in [3.8, 4) is 5.00 Å². The van der Waals surface area contributed by atoms with Crippen molar-refractivity contribution in [2.24, 2.45) is 0 Å². The Hall–Kier alpha value is -2.13. The van der Waals surface area contributed by atoms with E-state index in [2.05, 4.69) is 0 Å². The lowest BCUT2D eigenvalue weighted by molar-refractivity contribution is 0.103. The Morgan fingerprint density at radius 2 is 1.67 bits per heavy atom. The van der Waals surface area contributed by atoms with Gasteiger partial charge in [-0.3, -0.25) is 4.79 Å². The molecule has 0 fully saturated rings. The Morgan fingerprint density at radius 3 is 2.39 bits per heavy atom. The number of thiophene rings is 1. The lowest BCUT2D eigenvalue weighted by Crippen LogP contribution is -2.03. The largest absolute Gasteiger partial charge is 0.315 e. The van der Waals surface area contributed by atoms with Gasteiger partial charge < -0.3 is 4.57 Å². The number of hydrogen-bond acceptors (Lipinski definition) is 2. The number of ketones is 1. The zero-order chi connectivity index (χ0) is 12.4. The Labute approximate surface area is 109 Å². The molecule has 18 heavy (non-hydrogen) atoms. The quantitative estimate of drug-likeness (QED) is 0.651. The maximum absolute atomic E-state index is 12.4. The van der Waals surface area contributed by atoms with Crippen LogP contribution in [0.4, 0.5) is 0 Å². The monoisotopic (exact) mass is 253 g/mol. The average molecular weight is 253 g/mol. The second kappa shape index (κ2) is 4.63. The molecule has 0 aliphatic heterocycles. The second-order valence-electron chi connectivity index (χ2n) is 3.92. The van der Waals surface area contributed by atoms with Gasteiger partial charge in [0.2, 0.25) is 0 Å². The van der Waals surface area contributed by atoms with Crippen LogP contribution in [0.5, 0.6) is 0 Å². The highest BCUT2D eigenvalue weighted by Gasteiger charge is 2.15. The average Bonchev–Trinajstić information content (AvgIpc) is 3.09. The first-order valence-electron chi connectivity index (χ1n) is 5.67. The fraction of sp³-hybridized carbons (Fsp3) is 0. The van der Waals surface area contributed by atoms with E-state index < -0.39 is 0 Å². The fourth-order valence-corrected chi connectivity index (χ4v) is 2.75. The van der Waals surface area contributed by atoms with E-state index in [0.717, 1.165) is 16.1 Å². The van der Waals surface area contributed by atoms with E-state index in [1.807, 2.05) is 70.9 Å². The highest BCUT2D eigenvalue weighted by Crippen LogP contribution is 2.24. The van der Waals surface area contributed by atoms with Gasteiger partial charge in [-0.05, 0) is 23.6 Å². The van der Waals surface area contributed by atoms with Crippen LogP contribution in [0.25, 0.3) is 5.00 Å². The number of rotatable bonds is 3. The molecule has 0 aliphatic rings. The topological polar surface area (TPSA) is 22.0 Å². The standard InChI is InChI=1S/C15H11NOS/c17-14(12-6-2-1-3-7-12)13-8-11-18-15(13)16-9-4-5-10-16/h1-11H. The maximum atomic E-state index is 12.4. The van der Waals surface area contributed by atoms with Gasteiger partial charge in [-0.2, -0.15) is 0 Å². The molecule has 1 aromatic carbocycles. The Morgan fingerprint density at radius 1 is 0.944 bits per heavy atom. The molecule has 0 amide bonds. The molecule has 0 unspecified atom stereocenters. The third kappa shape index (κ3) is 1.89. The molecule has 0 bridgehead atoms. The van der Waals surface area contributed by atoms with Gasteiger partial charge in [0.25, 0.3) is 0 Å². The molecule has 2 aromatic heterocycles. The SMILES string of the molecule is O=C(c1ccccc1)c1ccsc1-n1cccc1. The molecular formula is C15H11NOS. The second-order valence-corrected chi connectivity index (χ2v) is 4.82. The van der Waals surface area contributed by atoms with E-state index in [-0.39, 0.29) is 5.78 Å². The van der Waals surface area contributed by atoms with Crippen molar-refractivity contribution in [3.05, 3.63) is 77.4 Å². The minimum atomic E-state index is 0.0700. The predicted octanol–water partition coefficient (Wildman–Crippen LogP) is 3.77. The summed E-state index contributed by atoms with van der Waals surface area (Å²) in [5, 5.41) is 2.92. The van der Waals surface area contributed by atoms with E-state index in [9.17, 15) is 4.79 Å². The van der Waals surface area contributed by atoms with Gasteiger partial charge in [-0.15, -0.1) is 11.3 Å². The van der Waals surface area contributed by atoms with Crippen molar-refractivity contribution < 1.29 is 4.79 Å². The summed E-state index contributed by atoms with van der Waals surface area (Å²) >= 11 is 1.57. The summed E-state index contributed by atoms with van der Waals surface area (Å²) in [6.07, 6.45) is 3.90. The van der Waals surface area contributed by atoms with Crippen LogP contribution in [0.1, 0.15) is 15.9 Å². The van der Waals surface area contributed by atoms with E-state index >= 15 is 0 Å². The number of hydrogen-bond donors (Lipinski definition) is 0. The molecule has 0 radical (unpaired) electrons. The molecule has 0 N–H and O–H groups in total. The highest BCUT2D eigenvalue weighted by atomic mass is 32.1. The van der Waals surface area contributed by atoms with Crippen molar-refractivity contribution >= 4 is 17.1 Å². The van der Waals surface area contributed by atoms with Crippen LogP contribution in [0, 0.1) is 0 Å². The number of carbonyl (C=O) groups excluding carboxylic acids is 1. The molecule has 0 aliphatic carbocycles. The fourth-order valence-electron chi connectivity index (χ4n) is 1.89. The first-order chi connectivity index (χ1) is 8.86. The molecule has 2 nitrogen and oxygen atoms in total. The summed E-state index contributed by atoms with van der Waals surface area (Å²) < 4.78 is 1.97. The van der Waals surface area contributed by atoms with Crippen LogP contribution in [0.2, 0.25) is 0 Å². The zero-order valence-corrected chi connectivity index (χ0v) is 10.4. The highest BCUT2D eigenvalue weighted by molar-refractivity contribution is 7.13. The smallest absolute Gasteiger partial charge is 0.196 e. The van der Waals surface area contributed by atoms with Gasteiger partial charge in [0, 0.05) is 18.0 Å². The zero-order valence-electron chi connectivity index (χ0n) is 9.61. The molecule has 0 spiro atoms. The number of aromatic nitrogens is 1. The summed E-state index contributed by atoms with van der Waals surface area (Å²) in [7, 11) is 0. The predicted molar refractivity (Wildman–Crippen MR) is 73.5 cm³/mol. The van der Waals surface area contributed by atoms with Gasteiger partial charge in [0.15, 0.2) is 5.78 Å². The first kappa shape index (κ1) is 11.0. The van der Waals surface area contributed by atoms with E-state index in [1.165, 1.54) is 0 Å². The van der Waals surface area contributed by atoms with Crippen molar-refractivity contribution in [2.45, 2.75) is 0 Å². The van der Waals surface area contributed by atoms with Crippen LogP contribution < -0.4 is 0 Å². The van der Waals surface area contributed by atoms with Crippen LogP contribution in [-0.2, 0) is 0 Å². The molecule has 3 aromatic rings. The summed E-state index contributed by atoms with van der Waals surface area (Å²) in [6, 6.07) is 15.2. The van der Waals surface area contributed by atoms with E-state index in [0.29, 0.717) is 0 Å². The van der Waals surface area contributed by atoms with Crippen LogP contribution in [0.15, 0.2) is 66.3 Å². The minimum Gasteiger partial charge on any atom is -0.315 e. The summed E-state index contributed by atoms with van der Waals surface area (Å²) in [6.45, 7) is 0. The van der Waals surface area contributed by atoms with Crippen LogP contribution in [-0.4, -0.2) is 10.4 Å². The van der Waals surface area contributed by atoms with Crippen LogP contribution >= 0.6 is 11.3 Å². The molecule has 88 valence electrons. The van der Waals surface area contributed by atoms with E-state index in [1.54, 1.807) is 11.3 Å². The van der Waals surface area contributed by atoms with Crippen LogP contribution in [0.3, 0.4) is 0 Å².